The number of hydrogen-bond donors (Lipinski definition) is 0. The van der Waals surface area contributed by atoms with Gasteiger partial charge in [-0.25, -0.2) is 4.39 Å². The Morgan fingerprint density at radius 1 is 1.19 bits per heavy atom. The first-order valence-corrected chi connectivity index (χ1v) is 9.28. The van der Waals surface area contributed by atoms with Crippen LogP contribution in [0.1, 0.15) is 43.4 Å². The van der Waals surface area contributed by atoms with Crippen molar-refractivity contribution in [2.24, 2.45) is 5.92 Å². The van der Waals surface area contributed by atoms with Gasteiger partial charge in [-0.3, -0.25) is 4.79 Å². The van der Waals surface area contributed by atoms with Gasteiger partial charge in [-0.2, -0.15) is 0 Å². The van der Waals surface area contributed by atoms with E-state index >= 15 is 0 Å². The maximum absolute atomic E-state index is 13.9. The molecule has 0 N–H and O–H groups in total. The van der Waals surface area contributed by atoms with Crippen molar-refractivity contribution in [1.82, 2.24) is 0 Å². The molecule has 27 heavy (non-hydrogen) atoms. The fourth-order valence-electron chi connectivity index (χ4n) is 3.29. The van der Waals surface area contributed by atoms with E-state index in [0.717, 1.165) is 29.7 Å². The van der Waals surface area contributed by atoms with E-state index in [0.29, 0.717) is 17.7 Å². The van der Waals surface area contributed by atoms with Crippen molar-refractivity contribution in [2.75, 3.05) is 0 Å². The van der Waals surface area contributed by atoms with E-state index in [1.165, 1.54) is 12.1 Å². The van der Waals surface area contributed by atoms with Crippen LogP contribution < -0.4 is 9.47 Å². The maximum Gasteiger partial charge on any atom is 0.309 e. The minimum atomic E-state index is -0.329. The Labute approximate surface area is 158 Å². The summed E-state index contributed by atoms with van der Waals surface area (Å²) in [6, 6.07) is 10.4. The van der Waals surface area contributed by atoms with Crippen molar-refractivity contribution in [3.63, 3.8) is 0 Å². The number of halogens is 1. The fraction of sp³-hybridized carbons (Fsp3) is 0.409. The normalized spacial score (nSPS) is 17.1. The molecule has 0 saturated heterocycles. The van der Waals surface area contributed by atoms with Gasteiger partial charge in [0.1, 0.15) is 36.1 Å². The Morgan fingerprint density at radius 2 is 1.93 bits per heavy atom. The quantitative estimate of drug-likeness (QED) is 0.699. The third kappa shape index (κ3) is 4.24. The summed E-state index contributed by atoms with van der Waals surface area (Å²) in [7, 11) is 0. The van der Waals surface area contributed by atoms with E-state index in [1.54, 1.807) is 0 Å². The van der Waals surface area contributed by atoms with Crippen molar-refractivity contribution in [2.45, 2.75) is 51.9 Å². The minimum Gasteiger partial charge on any atom is -0.489 e. The Morgan fingerprint density at radius 3 is 2.63 bits per heavy atom. The van der Waals surface area contributed by atoms with Crippen molar-refractivity contribution in [3.8, 4) is 11.5 Å². The summed E-state index contributed by atoms with van der Waals surface area (Å²) in [6.45, 7) is 4.48. The first-order valence-electron chi connectivity index (χ1n) is 9.28. The van der Waals surface area contributed by atoms with Crippen LogP contribution in [0.15, 0.2) is 36.4 Å². The van der Waals surface area contributed by atoms with Crippen LogP contribution in [0.5, 0.6) is 11.5 Å². The fourth-order valence-corrected chi connectivity index (χ4v) is 3.29. The lowest BCUT2D eigenvalue weighted by Gasteiger charge is -2.18. The SMILES string of the molecule is CC1(C)Cc2cc(F)cc(COc3ccc(COC(=O)C4CC4)cc3)c2O1. The van der Waals surface area contributed by atoms with Crippen LogP contribution in [0.4, 0.5) is 4.39 Å². The molecule has 0 unspecified atom stereocenters. The summed E-state index contributed by atoms with van der Waals surface area (Å²) >= 11 is 0. The summed E-state index contributed by atoms with van der Waals surface area (Å²) in [5.41, 5.74) is 2.17. The number of rotatable bonds is 6. The third-order valence-electron chi connectivity index (χ3n) is 4.81. The Kier molecular flexibility index (Phi) is 4.54. The number of ether oxygens (including phenoxy) is 3. The monoisotopic (exact) mass is 370 g/mol. The van der Waals surface area contributed by atoms with Gasteiger partial charge in [0.05, 0.1) is 5.92 Å². The predicted molar refractivity (Wildman–Crippen MR) is 98.1 cm³/mol. The lowest BCUT2D eigenvalue weighted by Crippen LogP contribution is -2.25. The molecule has 0 atom stereocenters. The maximum atomic E-state index is 13.9. The van der Waals surface area contributed by atoms with Crippen LogP contribution in [-0.4, -0.2) is 11.6 Å². The molecule has 1 aliphatic carbocycles. The van der Waals surface area contributed by atoms with Crippen LogP contribution in [-0.2, 0) is 29.2 Å². The minimum absolute atomic E-state index is 0.104. The summed E-state index contributed by atoms with van der Waals surface area (Å²) < 4.78 is 31.0. The number of hydrogen-bond acceptors (Lipinski definition) is 4. The van der Waals surface area contributed by atoms with Gasteiger partial charge >= 0.3 is 5.97 Å². The zero-order chi connectivity index (χ0) is 19.0. The number of benzene rings is 2. The molecular weight excluding hydrogens is 347 g/mol. The van der Waals surface area contributed by atoms with Gasteiger partial charge in [0.25, 0.3) is 0 Å². The molecule has 2 aliphatic rings. The second kappa shape index (κ2) is 6.87. The topological polar surface area (TPSA) is 44.8 Å². The first-order chi connectivity index (χ1) is 12.9. The van der Waals surface area contributed by atoms with Crippen LogP contribution in [0.3, 0.4) is 0 Å². The Balaban J connectivity index is 1.37. The highest BCUT2D eigenvalue weighted by Crippen LogP contribution is 2.38. The van der Waals surface area contributed by atoms with Crippen LogP contribution in [0, 0.1) is 11.7 Å². The molecule has 1 fully saturated rings. The average Bonchev–Trinajstić information content (AvgIpc) is 3.41. The molecular formula is C22H23FO4. The molecule has 0 radical (unpaired) electrons. The van der Waals surface area contributed by atoms with Gasteiger partial charge in [0, 0.05) is 17.5 Å². The average molecular weight is 370 g/mol. The molecule has 0 spiro atoms. The van der Waals surface area contributed by atoms with Crippen molar-refractivity contribution < 1.29 is 23.4 Å². The number of esters is 1. The summed E-state index contributed by atoms with van der Waals surface area (Å²) in [4.78, 5) is 11.6. The van der Waals surface area contributed by atoms with E-state index in [2.05, 4.69) is 0 Å². The molecule has 1 aliphatic heterocycles. The van der Waals surface area contributed by atoms with Gasteiger partial charge in [-0.1, -0.05) is 12.1 Å². The second-order valence-electron chi connectivity index (χ2n) is 7.91. The van der Waals surface area contributed by atoms with Gasteiger partial charge in [-0.15, -0.1) is 0 Å². The largest absolute Gasteiger partial charge is 0.489 e. The van der Waals surface area contributed by atoms with Crippen molar-refractivity contribution in [1.29, 1.82) is 0 Å². The zero-order valence-electron chi connectivity index (χ0n) is 15.6. The van der Waals surface area contributed by atoms with Gasteiger partial charge < -0.3 is 14.2 Å². The van der Waals surface area contributed by atoms with E-state index in [9.17, 15) is 9.18 Å². The van der Waals surface area contributed by atoms with Crippen LogP contribution in [0.25, 0.3) is 0 Å². The Bertz CT molecular complexity index is 853. The predicted octanol–water partition coefficient (Wildman–Crippen LogP) is 4.57. The summed E-state index contributed by atoms with van der Waals surface area (Å²) in [5, 5.41) is 0. The highest BCUT2D eigenvalue weighted by atomic mass is 19.1. The molecule has 0 bridgehead atoms. The standard InChI is InChI=1S/C22H23FO4/c1-22(2)11-16-9-18(23)10-17(20(16)27-22)13-25-19-7-3-14(4-8-19)12-26-21(24)15-5-6-15/h3-4,7-10,15H,5-6,11-13H2,1-2H3. The highest BCUT2D eigenvalue weighted by molar-refractivity contribution is 5.74. The molecule has 4 rings (SSSR count). The van der Waals surface area contributed by atoms with E-state index in [-0.39, 0.29) is 36.5 Å². The molecule has 0 amide bonds. The smallest absolute Gasteiger partial charge is 0.309 e. The lowest BCUT2D eigenvalue weighted by molar-refractivity contribution is -0.146. The zero-order valence-corrected chi connectivity index (χ0v) is 15.6. The molecule has 4 nitrogen and oxygen atoms in total. The number of carbonyl (C=O) groups excluding carboxylic acids is 1. The highest BCUT2D eigenvalue weighted by Gasteiger charge is 2.32. The van der Waals surface area contributed by atoms with Crippen LogP contribution >= 0.6 is 0 Å². The summed E-state index contributed by atoms with van der Waals surface area (Å²) in [5.74, 6) is 1.11. The van der Waals surface area contributed by atoms with E-state index < -0.39 is 0 Å². The molecule has 1 heterocycles. The summed E-state index contributed by atoms with van der Waals surface area (Å²) in [6.07, 6.45) is 2.56. The molecule has 5 heteroatoms. The van der Waals surface area contributed by atoms with E-state index in [4.69, 9.17) is 14.2 Å². The van der Waals surface area contributed by atoms with Gasteiger partial charge in [0.2, 0.25) is 0 Å². The second-order valence-corrected chi connectivity index (χ2v) is 7.91. The molecule has 0 aromatic heterocycles. The van der Waals surface area contributed by atoms with Gasteiger partial charge in [-0.05, 0) is 56.5 Å². The van der Waals surface area contributed by atoms with Crippen molar-refractivity contribution >= 4 is 5.97 Å². The number of carbonyl (C=O) groups is 1. The first kappa shape index (κ1) is 17.8. The lowest BCUT2D eigenvalue weighted by atomic mass is 10.0. The third-order valence-corrected chi connectivity index (χ3v) is 4.81. The molecule has 2 aromatic carbocycles. The van der Waals surface area contributed by atoms with Crippen LogP contribution in [0.2, 0.25) is 0 Å². The van der Waals surface area contributed by atoms with Crippen molar-refractivity contribution in [3.05, 3.63) is 58.9 Å². The molecule has 2 aromatic rings. The van der Waals surface area contributed by atoms with E-state index in [1.807, 2.05) is 38.1 Å². The molecule has 1 saturated carbocycles. The number of fused-ring (bicyclic) bond motifs is 1. The molecule has 142 valence electrons. The van der Waals surface area contributed by atoms with Gasteiger partial charge in [0.15, 0.2) is 0 Å². The Hall–Kier alpha value is -2.56.